The van der Waals surface area contributed by atoms with Crippen LogP contribution >= 0.6 is 0 Å². The van der Waals surface area contributed by atoms with E-state index in [0.717, 1.165) is 101 Å². The van der Waals surface area contributed by atoms with Crippen LogP contribution in [0.4, 0.5) is 0 Å². The molecule has 0 radical (unpaired) electrons. The first kappa shape index (κ1) is 48.1. The molecule has 14 aliphatic rings. The summed E-state index contributed by atoms with van der Waals surface area (Å²) in [5, 5.41) is 16.2. The lowest BCUT2D eigenvalue weighted by molar-refractivity contribution is -0.0285. The maximum Gasteiger partial charge on any atom is 0.0677 e. The zero-order valence-corrected chi connectivity index (χ0v) is 46.3. The van der Waals surface area contributed by atoms with E-state index in [2.05, 4.69) is 61.9 Å². The van der Waals surface area contributed by atoms with Gasteiger partial charge in [0.15, 0.2) is 0 Å². The lowest BCUT2D eigenvalue weighted by Gasteiger charge is -2.55. The van der Waals surface area contributed by atoms with Crippen molar-refractivity contribution in [1.29, 1.82) is 5.26 Å². The van der Waals surface area contributed by atoms with Gasteiger partial charge in [0.2, 0.25) is 0 Å². The third-order valence-corrected chi connectivity index (χ3v) is 27.4. The molecule has 14 rings (SSSR count). The van der Waals surface area contributed by atoms with Crippen molar-refractivity contribution in [3.8, 4) is 6.07 Å². The van der Waals surface area contributed by atoms with E-state index >= 15 is 0 Å². The summed E-state index contributed by atoms with van der Waals surface area (Å²) < 4.78 is 0. The molecule has 0 aromatic carbocycles. The standard InChI is InChI=1S/C67H104N4/c1-40-30-34-54-52(36-40)48-33-35-58-61(63(48)67(54,4)5)49-23-12-16-29-57(49)71(58)59-38-60(70-55-27-14-10-21-45(55)46-22-11-15-28-56(46)70)43(39-68)37-42(59)31-32-51-64(41-18-7-6-8-19-41)69-65(51)50-25-17-24-47-44-20-9-13-26-53(44)66(2,3)62(47)50/h32,40-45,47-50,52-55,57-65,69H,6-31,33-38H2,1-5H3/b51-32+. The van der Waals surface area contributed by atoms with Crippen molar-refractivity contribution in [3.63, 3.8) is 0 Å². The van der Waals surface area contributed by atoms with Gasteiger partial charge in [0, 0.05) is 53.9 Å². The predicted octanol–water partition coefficient (Wildman–Crippen LogP) is 16.1. The molecular weight excluding hydrogens is 861 g/mol. The number of allylic oxidation sites excluding steroid dienone is 2. The van der Waals surface area contributed by atoms with Crippen LogP contribution in [-0.2, 0) is 0 Å². The molecule has 3 heterocycles. The number of nitrogens with one attached hydrogen (secondary N) is 1. The lowest BCUT2D eigenvalue weighted by atomic mass is 9.58. The average Bonchev–Trinajstić information content (AvgIpc) is 4.05. The van der Waals surface area contributed by atoms with Crippen molar-refractivity contribution in [2.24, 2.45) is 106 Å². The van der Waals surface area contributed by atoms with E-state index in [9.17, 15) is 5.26 Å². The van der Waals surface area contributed by atoms with E-state index < -0.39 is 0 Å². The number of hydrogen-bond acceptors (Lipinski definition) is 4. The molecule has 11 aliphatic carbocycles. The van der Waals surface area contributed by atoms with Gasteiger partial charge in [-0.25, -0.2) is 0 Å². The maximum absolute atomic E-state index is 11.7. The van der Waals surface area contributed by atoms with Crippen molar-refractivity contribution in [2.75, 3.05) is 0 Å². The van der Waals surface area contributed by atoms with Crippen LogP contribution in [0.3, 0.4) is 0 Å². The molecule has 2 saturated heterocycles. The van der Waals surface area contributed by atoms with Crippen LogP contribution in [0.15, 0.2) is 22.9 Å². The summed E-state index contributed by atoms with van der Waals surface area (Å²) in [5.41, 5.74) is 6.53. The molecule has 0 aromatic rings. The fraction of sp³-hybridized carbons (Fsp3) is 0.925. The van der Waals surface area contributed by atoms with Gasteiger partial charge < -0.3 is 10.2 Å². The first-order valence-corrected chi connectivity index (χ1v) is 32.8. The van der Waals surface area contributed by atoms with Crippen LogP contribution in [-0.4, -0.2) is 52.1 Å². The molecule has 12 fully saturated rings. The summed E-state index contributed by atoms with van der Waals surface area (Å²) in [6, 6.07) is 7.71. The van der Waals surface area contributed by atoms with Crippen LogP contribution in [0.5, 0.6) is 0 Å². The average molecular weight is 966 g/mol. The first-order chi connectivity index (χ1) is 34.6. The largest absolute Gasteiger partial charge is 0.367 e. The smallest absolute Gasteiger partial charge is 0.0677 e. The van der Waals surface area contributed by atoms with Gasteiger partial charge >= 0.3 is 0 Å². The van der Waals surface area contributed by atoms with E-state index in [1.165, 1.54) is 199 Å². The monoisotopic (exact) mass is 965 g/mol. The number of hydrogen-bond donors (Lipinski definition) is 1. The third-order valence-electron chi connectivity index (χ3n) is 27.4. The topological polar surface area (TPSA) is 42.3 Å². The fourth-order valence-electron chi connectivity index (χ4n) is 25.2. The van der Waals surface area contributed by atoms with Crippen LogP contribution < -0.4 is 5.32 Å². The molecule has 22 atom stereocenters. The molecule has 71 heavy (non-hydrogen) atoms. The second-order valence-corrected chi connectivity index (χ2v) is 30.7. The molecular formula is C67H104N4. The highest BCUT2D eigenvalue weighted by molar-refractivity contribution is 5.34. The molecule has 392 valence electrons. The van der Waals surface area contributed by atoms with E-state index in [-0.39, 0.29) is 5.92 Å². The van der Waals surface area contributed by atoms with Gasteiger partial charge in [0.05, 0.1) is 12.0 Å². The SMILES string of the molecule is CC1CCC2C(C1)C1CCC3C(C4CCCCC4N3C3CC(N4C5=C(CCCC5)C5CCCCC54)C(C#N)CC3C/C=C3\C(C4CCCCC4)NC3C3CCCC4C5CCCCC5C(C)(C)C34)C1C2(C)C. The minimum atomic E-state index is 0.160. The van der Waals surface area contributed by atoms with Gasteiger partial charge in [-0.1, -0.05) is 111 Å². The Morgan fingerprint density at radius 3 is 2.08 bits per heavy atom. The van der Waals surface area contributed by atoms with E-state index in [1.807, 2.05) is 11.1 Å². The molecule has 0 bridgehead atoms. The van der Waals surface area contributed by atoms with Crippen molar-refractivity contribution >= 4 is 0 Å². The fourth-order valence-corrected chi connectivity index (χ4v) is 25.2. The molecule has 22 unspecified atom stereocenters. The second-order valence-electron chi connectivity index (χ2n) is 30.7. The van der Waals surface area contributed by atoms with E-state index in [1.54, 1.807) is 5.70 Å². The summed E-state index contributed by atoms with van der Waals surface area (Å²) in [5.74, 6) is 13.6. The Labute approximate surface area is 435 Å². The van der Waals surface area contributed by atoms with Crippen molar-refractivity contribution in [3.05, 3.63) is 22.9 Å². The quantitative estimate of drug-likeness (QED) is 0.269. The van der Waals surface area contributed by atoms with E-state index in [0.29, 0.717) is 47.0 Å². The zero-order chi connectivity index (χ0) is 47.9. The Morgan fingerprint density at radius 1 is 0.549 bits per heavy atom. The highest BCUT2D eigenvalue weighted by Gasteiger charge is 2.67. The van der Waals surface area contributed by atoms with Gasteiger partial charge in [0.1, 0.15) is 0 Å². The van der Waals surface area contributed by atoms with Crippen LogP contribution in [0.1, 0.15) is 240 Å². The highest BCUT2D eigenvalue weighted by atomic mass is 15.3. The van der Waals surface area contributed by atoms with Gasteiger partial charge in [-0.2, -0.15) is 5.26 Å². The third kappa shape index (κ3) is 7.51. The number of fused-ring (bicyclic) bond motifs is 12. The molecule has 10 saturated carbocycles. The van der Waals surface area contributed by atoms with Gasteiger partial charge in [-0.15, -0.1) is 0 Å². The number of rotatable bonds is 6. The number of nitrogens with zero attached hydrogens (tertiary/aromatic N) is 3. The Morgan fingerprint density at radius 2 is 1.24 bits per heavy atom. The number of nitriles is 1. The minimum absolute atomic E-state index is 0.160. The normalized spacial score (nSPS) is 51.7. The minimum Gasteiger partial charge on any atom is -0.367 e. The Kier molecular flexibility index (Phi) is 12.7. The Bertz CT molecular complexity index is 2070. The molecule has 4 nitrogen and oxygen atoms in total. The lowest BCUT2D eigenvalue weighted by Crippen LogP contribution is -2.64. The Balaban J connectivity index is 0.839. The van der Waals surface area contributed by atoms with Gasteiger partial charge in [-0.05, 0) is 240 Å². The summed E-state index contributed by atoms with van der Waals surface area (Å²) in [6.07, 6.45) is 48.7. The summed E-state index contributed by atoms with van der Waals surface area (Å²) in [6.45, 7) is 13.8. The molecule has 0 spiro atoms. The first-order valence-electron chi connectivity index (χ1n) is 32.8. The Hall–Kier alpha value is -1.31. The molecule has 0 aromatic heterocycles. The van der Waals surface area contributed by atoms with Crippen molar-refractivity contribution in [2.45, 2.75) is 282 Å². The van der Waals surface area contributed by atoms with Gasteiger partial charge in [0.25, 0.3) is 0 Å². The molecule has 0 amide bonds. The van der Waals surface area contributed by atoms with E-state index in [4.69, 9.17) is 0 Å². The molecule has 4 heteroatoms. The summed E-state index contributed by atoms with van der Waals surface area (Å²) in [4.78, 5) is 6.58. The van der Waals surface area contributed by atoms with Crippen LogP contribution in [0.2, 0.25) is 0 Å². The van der Waals surface area contributed by atoms with Crippen LogP contribution in [0.25, 0.3) is 0 Å². The highest BCUT2D eigenvalue weighted by Crippen LogP contribution is 2.70. The van der Waals surface area contributed by atoms with Crippen molar-refractivity contribution in [1.82, 2.24) is 15.1 Å². The van der Waals surface area contributed by atoms with Crippen LogP contribution in [0, 0.1) is 117 Å². The zero-order valence-electron chi connectivity index (χ0n) is 46.3. The molecule has 1 N–H and O–H groups in total. The second kappa shape index (κ2) is 18.7. The predicted molar refractivity (Wildman–Crippen MR) is 291 cm³/mol. The molecule has 3 aliphatic heterocycles. The number of likely N-dealkylation sites (tertiary alicyclic amines) is 1. The maximum atomic E-state index is 11.7. The van der Waals surface area contributed by atoms with Crippen molar-refractivity contribution < 1.29 is 0 Å². The van der Waals surface area contributed by atoms with Gasteiger partial charge in [-0.3, -0.25) is 4.90 Å². The summed E-state index contributed by atoms with van der Waals surface area (Å²) in [7, 11) is 0. The summed E-state index contributed by atoms with van der Waals surface area (Å²) >= 11 is 0.